The van der Waals surface area contributed by atoms with Gasteiger partial charge >= 0.3 is 0 Å². The zero-order valence-electron chi connectivity index (χ0n) is 17.1. The maximum absolute atomic E-state index is 13.1. The Hall–Kier alpha value is -3.02. The fraction of sp³-hybridized carbons (Fsp3) is 0.0741. The SMILES string of the molecule is C[Si@H]1c2ccccc2C(=O)c2ccc(-c3ccc4c(c3)[Si@H](C)c3ccccc3-4)cc21. The van der Waals surface area contributed by atoms with Crippen LogP contribution in [0.15, 0.2) is 84.9 Å². The molecule has 0 N–H and O–H groups in total. The highest BCUT2D eigenvalue weighted by Gasteiger charge is 2.30. The summed E-state index contributed by atoms with van der Waals surface area (Å²) in [5.41, 5.74) is 7.17. The quantitative estimate of drug-likeness (QED) is 0.435. The minimum absolute atomic E-state index is 0.184. The van der Waals surface area contributed by atoms with E-state index in [1.165, 1.54) is 37.8 Å². The van der Waals surface area contributed by atoms with Gasteiger partial charge in [-0.05, 0) is 37.8 Å². The monoisotopic (exact) mass is 418 g/mol. The molecule has 4 aromatic rings. The van der Waals surface area contributed by atoms with Gasteiger partial charge in [-0.2, -0.15) is 0 Å². The highest BCUT2D eigenvalue weighted by Crippen LogP contribution is 2.28. The summed E-state index contributed by atoms with van der Waals surface area (Å²) in [5, 5.41) is 5.65. The van der Waals surface area contributed by atoms with E-state index in [2.05, 4.69) is 85.9 Å². The zero-order chi connectivity index (χ0) is 20.4. The van der Waals surface area contributed by atoms with E-state index in [1.54, 1.807) is 5.19 Å². The first-order valence-electron chi connectivity index (χ1n) is 10.6. The number of carbonyl (C=O) groups excluding carboxylic acids is 1. The maximum Gasteiger partial charge on any atom is 0.192 e. The summed E-state index contributed by atoms with van der Waals surface area (Å²) in [4.78, 5) is 13.1. The van der Waals surface area contributed by atoms with E-state index < -0.39 is 17.6 Å². The fourth-order valence-electron chi connectivity index (χ4n) is 5.33. The Bertz CT molecular complexity index is 1350. The molecule has 144 valence electrons. The Kier molecular flexibility index (Phi) is 3.85. The lowest BCUT2D eigenvalue weighted by Crippen LogP contribution is -2.49. The van der Waals surface area contributed by atoms with Gasteiger partial charge in [0.05, 0.1) is 0 Å². The Labute approximate surface area is 180 Å². The Morgan fingerprint density at radius 2 is 0.933 bits per heavy atom. The average Bonchev–Trinajstić information content (AvgIpc) is 3.09. The van der Waals surface area contributed by atoms with Crippen LogP contribution < -0.4 is 20.7 Å². The van der Waals surface area contributed by atoms with Crippen molar-refractivity contribution in [3.8, 4) is 22.3 Å². The van der Waals surface area contributed by atoms with Gasteiger partial charge in [0.1, 0.15) is 17.6 Å². The molecule has 0 saturated carbocycles. The van der Waals surface area contributed by atoms with Crippen molar-refractivity contribution in [1.29, 1.82) is 0 Å². The van der Waals surface area contributed by atoms with Crippen LogP contribution in [0.1, 0.15) is 15.9 Å². The van der Waals surface area contributed by atoms with E-state index in [0.29, 0.717) is 0 Å². The number of rotatable bonds is 1. The standard InChI is InChI=1S/C27H22OSi2/c1-29-23-9-5-3-7-19(23)20-13-11-17(15-25(20)29)18-12-14-22-26(16-18)30(2)24-10-6-4-8-21(24)27(22)28/h3-16,29-30H,1-2H3/t29-,30+/m1/s1. The van der Waals surface area contributed by atoms with Crippen molar-refractivity contribution in [2.75, 3.05) is 0 Å². The molecule has 0 aliphatic carbocycles. The lowest BCUT2D eigenvalue weighted by molar-refractivity contribution is 0.104. The minimum Gasteiger partial charge on any atom is -0.289 e. The molecule has 0 aromatic heterocycles. The van der Waals surface area contributed by atoms with Gasteiger partial charge in [-0.25, -0.2) is 0 Å². The average molecular weight is 419 g/mol. The first kappa shape index (κ1) is 17.8. The van der Waals surface area contributed by atoms with Crippen LogP contribution in [0.3, 0.4) is 0 Å². The van der Waals surface area contributed by atoms with Gasteiger partial charge in [0, 0.05) is 11.1 Å². The van der Waals surface area contributed by atoms with Crippen molar-refractivity contribution in [3.05, 3.63) is 96.1 Å². The van der Waals surface area contributed by atoms with Gasteiger partial charge < -0.3 is 0 Å². The van der Waals surface area contributed by atoms with E-state index in [-0.39, 0.29) is 5.78 Å². The summed E-state index contributed by atoms with van der Waals surface area (Å²) >= 11 is 0. The Balaban J connectivity index is 1.46. The molecule has 4 aromatic carbocycles. The van der Waals surface area contributed by atoms with Crippen LogP contribution in [0.4, 0.5) is 0 Å². The second kappa shape index (κ2) is 6.49. The predicted molar refractivity (Wildman–Crippen MR) is 132 cm³/mol. The molecule has 1 nitrogen and oxygen atoms in total. The van der Waals surface area contributed by atoms with Crippen LogP contribution in [-0.4, -0.2) is 23.4 Å². The summed E-state index contributed by atoms with van der Waals surface area (Å²) < 4.78 is 0. The molecule has 2 aliphatic heterocycles. The van der Waals surface area contributed by atoms with Crippen molar-refractivity contribution < 1.29 is 4.79 Å². The van der Waals surface area contributed by atoms with E-state index in [4.69, 9.17) is 0 Å². The van der Waals surface area contributed by atoms with E-state index in [0.717, 1.165) is 11.1 Å². The van der Waals surface area contributed by atoms with Crippen LogP contribution in [0.25, 0.3) is 22.3 Å². The number of hydrogen-bond acceptors (Lipinski definition) is 1. The molecule has 0 saturated heterocycles. The molecule has 2 heterocycles. The largest absolute Gasteiger partial charge is 0.289 e. The van der Waals surface area contributed by atoms with Gasteiger partial charge in [-0.15, -0.1) is 0 Å². The molecule has 3 heteroatoms. The smallest absolute Gasteiger partial charge is 0.192 e. The lowest BCUT2D eigenvalue weighted by atomic mass is 9.97. The van der Waals surface area contributed by atoms with Gasteiger partial charge in [0.25, 0.3) is 0 Å². The Morgan fingerprint density at radius 3 is 1.60 bits per heavy atom. The summed E-state index contributed by atoms with van der Waals surface area (Å²) in [6.07, 6.45) is 0. The molecule has 2 aliphatic rings. The second-order valence-electron chi connectivity index (χ2n) is 8.55. The van der Waals surface area contributed by atoms with Crippen molar-refractivity contribution in [2.24, 2.45) is 0 Å². The normalized spacial score (nSPS) is 18.4. The summed E-state index contributed by atoms with van der Waals surface area (Å²) in [6.45, 7) is 4.79. The molecule has 2 atom stereocenters. The Morgan fingerprint density at radius 1 is 0.500 bits per heavy atom. The fourth-order valence-corrected chi connectivity index (χ4v) is 10.5. The molecule has 6 rings (SSSR count). The molecule has 30 heavy (non-hydrogen) atoms. The predicted octanol–water partition coefficient (Wildman–Crippen LogP) is 2.82. The van der Waals surface area contributed by atoms with Gasteiger partial charge in [0.15, 0.2) is 5.78 Å². The van der Waals surface area contributed by atoms with Crippen molar-refractivity contribution in [2.45, 2.75) is 13.1 Å². The van der Waals surface area contributed by atoms with Gasteiger partial charge in [-0.1, -0.05) is 103 Å². The highest BCUT2D eigenvalue weighted by molar-refractivity contribution is 6.89. The van der Waals surface area contributed by atoms with E-state index in [9.17, 15) is 4.79 Å². The topological polar surface area (TPSA) is 17.1 Å². The number of carbonyl (C=O) groups is 1. The van der Waals surface area contributed by atoms with Crippen molar-refractivity contribution in [3.63, 3.8) is 0 Å². The molecule has 0 fully saturated rings. The molecule has 0 spiro atoms. The highest BCUT2D eigenvalue weighted by atomic mass is 28.3. The first-order chi connectivity index (χ1) is 14.6. The number of hydrogen-bond donors (Lipinski definition) is 0. The summed E-state index contributed by atoms with van der Waals surface area (Å²) in [7, 11) is -2.50. The van der Waals surface area contributed by atoms with Gasteiger partial charge in [-0.3, -0.25) is 4.79 Å². The minimum atomic E-state index is -1.37. The third-order valence-corrected chi connectivity index (χ3v) is 12.7. The molecular formula is C27H22OSi2. The second-order valence-corrected chi connectivity index (χ2v) is 13.9. The van der Waals surface area contributed by atoms with Crippen molar-refractivity contribution >= 4 is 44.1 Å². The van der Waals surface area contributed by atoms with Crippen LogP contribution >= 0.6 is 0 Å². The number of ketones is 1. The molecular weight excluding hydrogens is 396 g/mol. The van der Waals surface area contributed by atoms with Crippen LogP contribution in [0, 0.1) is 0 Å². The van der Waals surface area contributed by atoms with Gasteiger partial charge in [0.2, 0.25) is 0 Å². The maximum atomic E-state index is 13.1. The summed E-state index contributed by atoms with van der Waals surface area (Å²) in [6, 6.07) is 30.6. The first-order valence-corrected chi connectivity index (χ1v) is 15.3. The molecule has 0 unspecified atom stereocenters. The molecule has 0 radical (unpaired) electrons. The van der Waals surface area contributed by atoms with E-state index in [1.807, 2.05) is 12.1 Å². The number of fused-ring (bicyclic) bond motifs is 5. The van der Waals surface area contributed by atoms with Crippen LogP contribution in [0.5, 0.6) is 0 Å². The third kappa shape index (κ3) is 2.42. The number of benzene rings is 4. The summed E-state index contributed by atoms with van der Waals surface area (Å²) in [5.74, 6) is 0.184. The van der Waals surface area contributed by atoms with Crippen molar-refractivity contribution in [1.82, 2.24) is 0 Å². The lowest BCUT2D eigenvalue weighted by Gasteiger charge is -2.24. The van der Waals surface area contributed by atoms with Crippen LogP contribution in [0.2, 0.25) is 13.1 Å². The van der Waals surface area contributed by atoms with E-state index >= 15 is 0 Å². The zero-order valence-corrected chi connectivity index (χ0v) is 19.5. The van der Waals surface area contributed by atoms with Crippen LogP contribution in [-0.2, 0) is 0 Å². The molecule has 0 amide bonds. The molecule has 0 bridgehead atoms. The third-order valence-electron chi connectivity index (χ3n) is 7.00.